The van der Waals surface area contributed by atoms with Crippen molar-refractivity contribution in [2.24, 2.45) is 5.92 Å². The third-order valence-electron chi connectivity index (χ3n) is 2.68. The Labute approximate surface area is 110 Å². The van der Waals surface area contributed by atoms with Crippen LogP contribution in [0.5, 0.6) is 0 Å². The molecule has 19 heavy (non-hydrogen) atoms. The molecule has 1 aromatic rings. The summed E-state index contributed by atoms with van der Waals surface area (Å²) < 4.78 is 1.48. The second-order valence-corrected chi connectivity index (χ2v) is 4.59. The first-order chi connectivity index (χ1) is 8.90. The van der Waals surface area contributed by atoms with Crippen molar-refractivity contribution in [2.75, 3.05) is 6.54 Å². The van der Waals surface area contributed by atoms with Crippen LogP contribution in [-0.4, -0.2) is 38.1 Å². The van der Waals surface area contributed by atoms with Gasteiger partial charge in [-0.2, -0.15) is 0 Å². The first-order valence-corrected chi connectivity index (χ1v) is 6.01. The lowest BCUT2D eigenvalue weighted by atomic mass is 10.1. The maximum atomic E-state index is 11.5. The molecule has 8 heteroatoms. The van der Waals surface area contributed by atoms with Crippen molar-refractivity contribution in [3.05, 3.63) is 22.6 Å². The van der Waals surface area contributed by atoms with Crippen molar-refractivity contribution in [3.63, 3.8) is 0 Å². The third-order valence-corrected chi connectivity index (χ3v) is 2.68. The Balaban J connectivity index is 2.31. The van der Waals surface area contributed by atoms with Crippen LogP contribution in [0.1, 0.15) is 20.3 Å². The Morgan fingerprint density at radius 1 is 1.63 bits per heavy atom. The minimum absolute atomic E-state index is 0.0802. The van der Waals surface area contributed by atoms with Gasteiger partial charge in [-0.3, -0.25) is 4.79 Å². The molecule has 0 radical (unpaired) electrons. The molecule has 1 amide bonds. The molecule has 8 nitrogen and oxygen atoms in total. The average Bonchev–Trinajstić information content (AvgIpc) is 2.82. The molecule has 0 spiro atoms. The average molecular weight is 270 g/mol. The van der Waals surface area contributed by atoms with Gasteiger partial charge in [-0.05, 0) is 15.8 Å². The molecule has 1 atom stereocenters. The molecule has 0 bridgehead atoms. The lowest BCUT2D eigenvalue weighted by Crippen LogP contribution is -2.35. The van der Waals surface area contributed by atoms with E-state index in [9.17, 15) is 20.0 Å². The quantitative estimate of drug-likeness (QED) is 0.547. The number of aliphatic hydroxyl groups excluding tert-OH is 1. The van der Waals surface area contributed by atoms with E-state index in [0.29, 0.717) is 6.54 Å². The molecule has 0 aliphatic carbocycles. The van der Waals surface area contributed by atoms with Crippen LogP contribution in [0.15, 0.2) is 12.5 Å². The molecule has 0 aromatic carbocycles. The number of nitrogens with one attached hydrogen (secondary N) is 1. The summed E-state index contributed by atoms with van der Waals surface area (Å²) in [5.41, 5.74) is 0. The summed E-state index contributed by atoms with van der Waals surface area (Å²) in [6, 6.07) is 0. The minimum Gasteiger partial charge on any atom is -0.391 e. The number of aromatic nitrogens is 2. The number of hydrogen-bond donors (Lipinski definition) is 2. The van der Waals surface area contributed by atoms with Crippen LogP contribution in [0.3, 0.4) is 0 Å². The number of carbonyl (C=O) groups excluding carboxylic acids is 1. The lowest BCUT2D eigenvalue weighted by molar-refractivity contribution is -0.389. The van der Waals surface area contributed by atoms with Crippen LogP contribution >= 0.6 is 0 Å². The van der Waals surface area contributed by atoms with E-state index in [1.807, 2.05) is 13.8 Å². The molecular weight excluding hydrogens is 252 g/mol. The van der Waals surface area contributed by atoms with Gasteiger partial charge in [0.2, 0.25) is 12.2 Å². The predicted molar refractivity (Wildman–Crippen MR) is 67.4 cm³/mol. The van der Waals surface area contributed by atoms with Crippen LogP contribution < -0.4 is 5.32 Å². The number of rotatable bonds is 7. The van der Waals surface area contributed by atoms with Gasteiger partial charge in [0.05, 0.1) is 6.10 Å². The number of nitro groups is 1. The van der Waals surface area contributed by atoms with Gasteiger partial charge in [0, 0.05) is 19.5 Å². The summed E-state index contributed by atoms with van der Waals surface area (Å²) in [4.78, 5) is 24.9. The SMILES string of the molecule is CC(C)C(O)CNC(=O)CCn1cnc([N+](=O)[O-])c1. The Morgan fingerprint density at radius 3 is 2.84 bits per heavy atom. The molecule has 0 aliphatic rings. The molecule has 1 heterocycles. The smallest absolute Gasteiger partial charge is 0.381 e. The number of aliphatic hydroxyl groups is 1. The summed E-state index contributed by atoms with van der Waals surface area (Å²) in [5.74, 6) is -0.372. The Hall–Kier alpha value is -1.96. The summed E-state index contributed by atoms with van der Waals surface area (Å²) in [6.45, 7) is 4.24. The fourth-order valence-electron chi connectivity index (χ4n) is 1.34. The van der Waals surface area contributed by atoms with Crippen molar-refractivity contribution in [2.45, 2.75) is 32.9 Å². The molecule has 0 fully saturated rings. The second-order valence-electron chi connectivity index (χ2n) is 4.59. The first-order valence-electron chi connectivity index (χ1n) is 6.01. The highest BCUT2D eigenvalue weighted by atomic mass is 16.6. The zero-order valence-electron chi connectivity index (χ0n) is 10.9. The number of aryl methyl sites for hydroxylation is 1. The molecule has 2 N–H and O–H groups in total. The van der Waals surface area contributed by atoms with E-state index >= 15 is 0 Å². The van der Waals surface area contributed by atoms with Gasteiger partial charge in [-0.1, -0.05) is 13.8 Å². The van der Waals surface area contributed by atoms with Gasteiger partial charge in [0.15, 0.2) is 0 Å². The van der Waals surface area contributed by atoms with Gasteiger partial charge < -0.3 is 25.1 Å². The highest BCUT2D eigenvalue weighted by Gasteiger charge is 2.12. The number of imidazole rings is 1. The molecule has 0 saturated heterocycles. The minimum atomic E-state index is -0.588. The molecule has 1 rings (SSSR count). The molecule has 1 unspecified atom stereocenters. The van der Waals surface area contributed by atoms with E-state index in [1.165, 1.54) is 17.1 Å². The van der Waals surface area contributed by atoms with Crippen LogP contribution in [-0.2, 0) is 11.3 Å². The van der Waals surface area contributed by atoms with E-state index < -0.39 is 11.0 Å². The highest BCUT2D eigenvalue weighted by Crippen LogP contribution is 2.06. The normalized spacial score (nSPS) is 12.4. The van der Waals surface area contributed by atoms with Crippen LogP contribution in [0.2, 0.25) is 0 Å². The fraction of sp³-hybridized carbons (Fsp3) is 0.636. The third kappa shape index (κ3) is 5.04. The maximum absolute atomic E-state index is 11.5. The zero-order chi connectivity index (χ0) is 14.4. The fourth-order valence-corrected chi connectivity index (χ4v) is 1.34. The van der Waals surface area contributed by atoms with Crippen molar-refractivity contribution < 1.29 is 14.8 Å². The summed E-state index contributed by atoms with van der Waals surface area (Å²) in [6.07, 6.45) is 2.20. The van der Waals surface area contributed by atoms with Gasteiger partial charge in [-0.25, -0.2) is 0 Å². The maximum Gasteiger partial charge on any atom is 0.381 e. The number of amides is 1. The van der Waals surface area contributed by atoms with Crippen LogP contribution in [0.4, 0.5) is 5.82 Å². The number of nitrogens with zero attached hydrogens (tertiary/aromatic N) is 3. The monoisotopic (exact) mass is 270 g/mol. The Morgan fingerprint density at radius 2 is 2.32 bits per heavy atom. The van der Waals surface area contributed by atoms with Crippen molar-refractivity contribution >= 4 is 11.7 Å². The van der Waals surface area contributed by atoms with E-state index in [0.717, 1.165) is 0 Å². The molecule has 0 aliphatic heterocycles. The van der Waals surface area contributed by atoms with E-state index in [4.69, 9.17) is 0 Å². The Kier molecular flexibility index (Phi) is 5.43. The topological polar surface area (TPSA) is 110 Å². The second kappa shape index (κ2) is 6.83. The Bertz CT molecular complexity index is 444. The van der Waals surface area contributed by atoms with E-state index in [2.05, 4.69) is 10.3 Å². The standard InChI is InChI=1S/C11H18N4O4/c1-8(2)9(16)5-12-11(17)3-4-14-6-10(13-7-14)15(18)19/h6-9,16H,3-5H2,1-2H3,(H,12,17). The summed E-state index contributed by atoms with van der Waals surface area (Å²) >= 11 is 0. The van der Waals surface area contributed by atoms with Crippen molar-refractivity contribution in [3.8, 4) is 0 Å². The largest absolute Gasteiger partial charge is 0.391 e. The van der Waals surface area contributed by atoms with Crippen LogP contribution in [0.25, 0.3) is 0 Å². The zero-order valence-corrected chi connectivity index (χ0v) is 10.9. The molecule has 1 aromatic heterocycles. The molecular formula is C11H18N4O4. The van der Waals surface area contributed by atoms with Gasteiger partial charge in [-0.15, -0.1) is 0 Å². The van der Waals surface area contributed by atoms with Gasteiger partial charge in [0.1, 0.15) is 6.20 Å². The number of hydrogen-bond acceptors (Lipinski definition) is 5. The molecule has 0 saturated carbocycles. The predicted octanol–water partition coefficient (Wildman–Crippen LogP) is 0.314. The van der Waals surface area contributed by atoms with Crippen molar-refractivity contribution in [1.29, 1.82) is 0 Å². The summed E-state index contributed by atoms with van der Waals surface area (Å²) in [5, 5.41) is 22.5. The van der Waals surface area contributed by atoms with Gasteiger partial charge in [0.25, 0.3) is 0 Å². The van der Waals surface area contributed by atoms with Gasteiger partial charge >= 0.3 is 5.82 Å². The lowest BCUT2D eigenvalue weighted by Gasteiger charge is -2.14. The highest BCUT2D eigenvalue weighted by molar-refractivity contribution is 5.75. The van der Waals surface area contributed by atoms with E-state index in [-0.39, 0.29) is 30.6 Å². The van der Waals surface area contributed by atoms with E-state index in [1.54, 1.807) is 0 Å². The molecule has 106 valence electrons. The summed E-state index contributed by atoms with van der Waals surface area (Å²) in [7, 11) is 0. The van der Waals surface area contributed by atoms with Crippen LogP contribution in [0, 0.1) is 16.0 Å². The first kappa shape index (κ1) is 15.1. The number of carbonyl (C=O) groups is 1. The van der Waals surface area contributed by atoms with Crippen molar-refractivity contribution in [1.82, 2.24) is 14.9 Å².